The van der Waals surface area contributed by atoms with Gasteiger partial charge < -0.3 is 20.1 Å². The number of aliphatic hydroxyl groups is 1. The van der Waals surface area contributed by atoms with Gasteiger partial charge in [0.25, 0.3) is 0 Å². The van der Waals surface area contributed by atoms with Gasteiger partial charge in [-0.3, -0.25) is 4.79 Å². The molecular formula is C21H20F3N5O3. The van der Waals surface area contributed by atoms with Crippen molar-refractivity contribution in [2.75, 3.05) is 18.0 Å². The maximum Gasteiger partial charge on any atom is 0.573 e. The minimum Gasteiger partial charge on any atom is -0.406 e. The summed E-state index contributed by atoms with van der Waals surface area (Å²) >= 11 is 0. The van der Waals surface area contributed by atoms with Gasteiger partial charge >= 0.3 is 6.36 Å². The third-order valence-electron chi connectivity index (χ3n) is 5.05. The second-order valence-corrected chi connectivity index (χ2v) is 7.24. The average Bonchev–Trinajstić information content (AvgIpc) is 3.35. The van der Waals surface area contributed by atoms with Crippen molar-refractivity contribution in [3.05, 3.63) is 54.9 Å². The highest BCUT2D eigenvalue weighted by Crippen LogP contribution is 2.33. The Kier molecular flexibility index (Phi) is 5.74. The van der Waals surface area contributed by atoms with Crippen molar-refractivity contribution in [1.82, 2.24) is 20.1 Å². The lowest BCUT2D eigenvalue weighted by Crippen LogP contribution is -2.23. The van der Waals surface area contributed by atoms with E-state index in [-0.39, 0.29) is 18.2 Å². The van der Waals surface area contributed by atoms with E-state index in [1.807, 2.05) is 11.0 Å². The molecule has 1 unspecified atom stereocenters. The van der Waals surface area contributed by atoms with Crippen molar-refractivity contribution in [2.24, 2.45) is 0 Å². The molecule has 1 amide bonds. The Bertz CT molecular complexity index is 1140. The number of β-amino-alcohol motifs (C(OH)–C–C–N with tert-alkyl or cyclic N) is 1. The number of hydrogen-bond acceptors (Lipinski definition) is 6. The molecule has 32 heavy (non-hydrogen) atoms. The van der Waals surface area contributed by atoms with Gasteiger partial charge in [0.2, 0.25) is 5.91 Å². The fourth-order valence-electron chi connectivity index (χ4n) is 3.66. The van der Waals surface area contributed by atoms with Crippen molar-refractivity contribution in [3.63, 3.8) is 0 Å². The first-order valence-corrected chi connectivity index (χ1v) is 9.81. The smallest absolute Gasteiger partial charge is 0.406 e. The van der Waals surface area contributed by atoms with Gasteiger partial charge in [-0.05, 0) is 42.8 Å². The second-order valence-electron chi connectivity index (χ2n) is 7.24. The summed E-state index contributed by atoms with van der Waals surface area (Å²) in [6, 6.07) is 7.07. The lowest BCUT2D eigenvalue weighted by molar-refractivity contribution is -0.274. The monoisotopic (exact) mass is 447 g/mol. The number of aliphatic hydroxyl groups excluding tert-OH is 1. The number of amides is 1. The van der Waals surface area contributed by atoms with Gasteiger partial charge in [0.05, 0.1) is 35.1 Å². The van der Waals surface area contributed by atoms with E-state index in [4.69, 9.17) is 0 Å². The quantitative estimate of drug-likeness (QED) is 0.565. The van der Waals surface area contributed by atoms with E-state index in [1.54, 1.807) is 6.20 Å². The number of nitrogens with one attached hydrogen (secondary N) is 1. The van der Waals surface area contributed by atoms with Gasteiger partial charge in [-0.15, -0.1) is 13.2 Å². The van der Waals surface area contributed by atoms with Crippen LogP contribution in [0.3, 0.4) is 0 Å². The summed E-state index contributed by atoms with van der Waals surface area (Å²) in [6.07, 6.45) is -1.85. The first kappa shape index (κ1) is 21.6. The first-order chi connectivity index (χ1) is 15.2. The number of aromatic nitrogens is 3. The van der Waals surface area contributed by atoms with Crippen LogP contribution >= 0.6 is 0 Å². The SMILES string of the molecule is C=CC(=O)NCc1nn(-c2ccc(OC(F)(F)F)cc2)c2nccc(N3CCC(O)C3)c12. The van der Waals surface area contributed by atoms with Gasteiger partial charge in [-0.2, -0.15) is 5.10 Å². The molecule has 0 spiro atoms. The van der Waals surface area contributed by atoms with Crippen LogP contribution < -0.4 is 15.0 Å². The highest BCUT2D eigenvalue weighted by molar-refractivity contribution is 5.94. The topological polar surface area (TPSA) is 92.5 Å². The number of nitrogens with zero attached hydrogens (tertiary/aromatic N) is 4. The van der Waals surface area contributed by atoms with Crippen LogP contribution in [0.4, 0.5) is 18.9 Å². The molecule has 0 saturated carbocycles. The van der Waals surface area contributed by atoms with Crippen LogP contribution in [0.1, 0.15) is 12.1 Å². The molecular weight excluding hydrogens is 427 g/mol. The molecule has 8 nitrogen and oxygen atoms in total. The highest BCUT2D eigenvalue weighted by Gasteiger charge is 2.31. The molecule has 2 aromatic heterocycles. The van der Waals surface area contributed by atoms with Crippen molar-refractivity contribution >= 4 is 22.6 Å². The molecule has 1 aliphatic rings. The van der Waals surface area contributed by atoms with Crippen LogP contribution in [0.2, 0.25) is 0 Å². The van der Waals surface area contributed by atoms with Crippen molar-refractivity contribution in [3.8, 4) is 11.4 Å². The zero-order chi connectivity index (χ0) is 22.9. The fraction of sp³-hybridized carbons (Fsp3) is 0.286. The van der Waals surface area contributed by atoms with Crippen molar-refractivity contribution in [1.29, 1.82) is 0 Å². The normalized spacial score (nSPS) is 16.4. The molecule has 1 atom stereocenters. The Balaban J connectivity index is 1.77. The number of carbonyl (C=O) groups excluding carboxylic acids is 1. The number of hydrogen-bond donors (Lipinski definition) is 2. The predicted octanol–water partition coefficient (Wildman–Crippen LogP) is 2.69. The lowest BCUT2D eigenvalue weighted by atomic mass is 10.2. The maximum absolute atomic E-state index is 12.5. The Labute approximate surface area is 180 Å². The molecule has 11 heteroatoms. The molecule has 1 aromatic carbocycles. The Morgan fingerprint density at radius 1 is 1.31 bits per heavy atom. The highest BCUT2D eigenvalue weighted by atomic mass is 19.4. The van der Waals surface area contributed by atoms with E-state index in [2.05, 4.69) is 26.7 Å². The molecule has 0 radical (unpaired) electrons. The largest absolute Gasteiger partial charge is 0.573 e. The maximum atomic E-state index is 12.5. The van der Waals surface area contributed by atoms with Gasteiger partial charge in [0.15, 0.2) is 5.65 Å². The molecule has 2 N–H and O–H groups in total. The Hall–Kier alpha value is -3.60. The Morgan fingerprint density at radius 3 is 2.69 bits per heavy atom. The standard InChI is InChI=1S/C21H20F3N5O3/c1-2-18(31)26-11-16-19-17(28-10-8-14(30)12-28)7-9-25-20(19)29(27-16)13-3-5-15(6-4-13)32-21(22,23)24/h2-7,9,14,30H,1,8,10-12H2,(H,26,31). The molecule has 4 rings (SSSR count). The third-order valence-corrected chi connectivity index (χ3v) is 5.05. The number of alkyl halides is 3. The molecule has 3 heterocycles. The average molecular weight is 447 g/mol. The summed E-state index contributed by atoms with van der Waals surface area (Å²) in [4.78, 5) is 18.1. The summed E-state index contributed by atoms with van der Waals surface area (Å²) in [5.41, 5.74) is 2.26. The number of pyridine rings is 1. The van der Waals surface area contributed by atoms with Crippen LogP contribution in [-0.4, -0.2) is 51.3 Å². The summed E-state index contributed by atoms with van der Waals surface area (Å²) in [7, 11) is 0. The summed E-state index contributed by atoms with van der Waals surface area (Å²) in [6.45, 7) is 4.63. The minimum absolute atomic E-state index is 0.0959. The molecule has 1 saturated heterocycles. The molecule has 1 fully saturated rings. The van der Waals surface area contributed by atoms with Crippen LogP contribution in [0.5, 0.6) is 5.75 Å². The number of fused-ring (bicyclic) bond motifs is 1. The zero-order valence-corrected chi connectivity index (χ0v) is 16.8. The third kappa shape index (κ3) is 4.52. The van der Waals surface area contributed by atoms with Gasteiger partial charge in [0.1, 0.15) is 5.75 Å². The number of halogens is 3. The van der Waals surface area contributed by atoms with E-state index in [0.717, 1.165) is 11.8 Å². The zero-order valence-electron chi connectivity index (χ0n) is 16.8. The van der Waals surface area contributed by atoms with E-state index >= 15 is 0 Å². The number of benzene rings is 1. The predicted molar refractivity (Wildman–Crippen MR) is 110 cm³/mol. The molecule has 168 valence electrons. The van der Waals surface area contributed by atoms with Crippen LogP contribution in [0.25, 0.3) is 16.7 Å². The van der Waals surface area contributed by atoms with Crippen molar-refractivity contribution < 1.29 is 27.8 Å². The number of carbonyl (C=O) groups is 1. The first-order valence-electron chi connectivity index (χ1n) is 9.81. The fourth-order valence-corrected chi connectivity index (χ4v) is 3.66. The second kappa shape index (κ2) is 8.50. The molecule has 0 bridgehead atoms. The van der Waals surface area contributed by atoms with Crippen molar-refractivity contribution in [2.45, 2.75) is 25.4 Å². The van der Waals surface area contributed by atoms with E-state index in [9.17, 15) is 23.1 Å². The minimum atomic E-state index is -4.78. The summed E-state index contributed by atoms with van der Waals surface area (Å²) in [5.74, 6) is -0.723. The molecule has 0 aliphatic carbocycles. The lowest BCUT2D eigenvalue weighted by Gasteiger charge is -2.19. The number of ether oxygens (including phenoxy) is 1. The summed E-state index contributed by atoms with van der Waals surface area (Å²) < 4.78 is 42.8. The van der Waals surface area contributed by atoms with E-state index in [1.165, 1.54) is 28.9 Å². The van der Waals surface area contributed by atoms with E-state index < -0.39 is 12.5 Å². The molecule has 1 aliphatic heterocycles. The van der Waals surface area contributed by atoms with Gasteiger partial charge in [-0.1, -0.05) is 6.58 Å². The Morgan fingerprint density at radius 2 is 2.06 bits per heavy atom. The summed E-state index contributed by atoms with van der Waals surface area (Å²) in [5, 5.41) is 17.9. The van der Waals surface area contributed by atoms with Gasteiger partial charge in [0, 0.05) is 19.3 Å². The van der Waals surface area contributed by atoms with Crippen LogP contribution in [0, 0.1) is 0 Å². The number of anilines is 1. The van der Waals surface area contributed by atoms with Gasteiger partial charge in [-0.25, -0.2) is 9.67 Å². The number of rotatable bonds is 6. The van der Waals surface area contributed by atoms with Crippen LogP contribution in [-0.2, 0) is 11.3 Å². The van der Waals surface area contributed by atoms with E-state index in [0.29, 0.717) is 41.9 Å². The van der Waals surface area contributed by atoms with Crippen LogP contribution in [0.15, 0.2) is 49.2 Å². The molecule has 3 aromatic rings.